The van der Waals surface area contributed by atoms with Crippen molar-refractivity contribution in [1.82, 2.24) is 10.3 Å². The van der Waals surface area contributed by atoms with E-state index >= 15 is 0 Å². The Morgan fingerprint density at radius 3 is 2.87 bits per heavy atom. The molecular formula is C10H15N3OS. The van der Waals surface area contributed by atoms with Gasteiger partial charge in [-0.2, -0.15) is 0 Å². The fourth-order valence-electron chi connectivity index (χ4n) is 1.34. The maximum Gasteiger partial charge on any atom is 0.213 e. The number of oxazole rings is 1. The molecule has 0 radical (unpaired) electrons. The quantitative estimate of drug-likeness (QED) is 0.835. The van der Waals surface area contributed by atoms with Gasteiger partial charge in [0.15, 0.2) is 5.17 Å². The van der Waals surface area contributed by atoms with Crippen molar-refractivity contribution >= 4 is 16.9 Å². The molecule has 2 heterocycles. The first-order valence-electron chi connectivity index (χ1n) is 5.03. The van der Waals surface area contributed by atoms with E-state index in [-0.39, 0.29) is 0 Å². The molecule has 0 amide bonds. The second-order valence-electron chi connectivity index (χ2n) is 3.68. The van der Waals surface area contributed by atoms with Crippen LogP contribution >= 0.6 is 11.8 Å². The Bertz CT molecular complexity index is 367. The third-order valence-electron chi connectivity index (χ3n) is 2.27. The van der Waals surface area contributed by atoms with Gasteiger partial charge in [-0.05, 0) is 13.8 Å². The summed E-state index contributed by atoms with van der Waals surface area (Å²) in [6, 6.07) is 0. The van der Waals surface area contributed by atoms with Gasteiger partial charge in [0.05, 0.1) is 18.8 Å². The maximum atomic E-state index is 5.46. The van der Waals surface area contributed by atoms with Crippen molar-refractivity contribution in [2.45, 2.75) is 32.6 Å². The predicted molar refractivity (Wildman–Crippen MR) is 62.2 cm³/mol. The summed E-state index contributed by atoms with van der Waals surface area (Å²) in [5.41, 5.74) is 0.959. The smallest absolute Gasteiger partial charge is 0.213 e. The standard InChI is InChI=1S/C10H15N3OS/c1-6-4-11-10(15-6)12-5-9-13-7(2)8(3)14-9/h6H,4-5H2,1-3H3,(H,11,12). The van der Waals surface area contributed by atoms with E-state index in [2.05, 4.69) is 22.2 Å². The Kier molecular flexibility index (Phi) is 3.00. The third-order valence-corrected chi connectivity index (χ3v) is 3.32. The molecule has 2 rings (SSSR count). The number of hydrogen-bond acceptors (Lipinski definition) is 5. The van der Waals surface area contributed by atoms with Gasteiger partial charge in [0, 0.05) is 5.25 Å². The van der Waals surface area contributed by atoms with E-state index < -0.39 is 0 Å². The van der Waals surface area contributed by atoms with Gasteiger partial charge in [-0.15, -0.1) is 0 Å². The molecule has 0 aliphatic carbocycles. The highest BCUT2D eigenvalue weighted by atomic mass is 32.2. The summed E-state index contributed by atoms with van der Waals surface area (Å²) < 4.78 is 5.46. The van der Waals surface area contributed by atoms with Crippen LogP contribution in [-0.4, -0.2) is 21.9 Å². The molecule has 1 aliphatic heterocycles. The Morgan fingerprint density at radius 1 is 1.53 bits per heavy atom. The molecule has 0 saturated heterocycles. The van der Waals surface area contributed by atoms with Gasteiger partial charge in [0.2, 0.25) is 5.89 Å². The average Bonchev–Trinajstić information content (AvgIpc) is 2.72. The highest BCUT2D eigenvalue weighted by Crippen LogP contribution is 2.18. The SMILES string of the molecule is Cc1nc(CNC2=NCC(C)S2)oc1C. The Labute approximate surface area is 93.6 Å². The molecule has 82 valence electrons. The van der Waals surface area contributed by atoms with Crippen molar-refractivity contribution in [1.29, 1.82) is 0 Å². The van der Waals surface area contributed by atoms with Crippen LogP contribution in [0.5, 0.6) is 0 Å². The minimum Gasteiger partial charge on any atom is -0.444 e. The van der Waals surface area contributed by atoms with Gasteiger partial charge in [-0.1, -0.05) is 18.7 Å². The van der Waals surface area contributed by atoms with Crippen molar-refractivity contribution in [2.24, 2.45) is 4.99 Å². The van der Waals surface area contributed by atoms with Crippen LogP contribution in [0, 0.1) is 13.8 Å². The molecule has 5 heteroatoms. The van der Waals surface area contributed by atoms with Gasteiger partial charge < -0.3 is 9.73 Å². The molecule has 0 aromatic carbocycles. The van der Waals surface area contributed by atoms with Gasteiger partial charge >= 0.3 is 0 Å². The number of nitrogens with zero attached hydrogens (tertiary/aromatic N) is 2. The lowest BCUT2D eigenvalue weighted by atomic mass is 10.4. The number of thioether (sulfide) groups is 1. The summed E-state index contributed by atoms with van der Waals surface area (Å²) in [5, 5.41) is 4.81. The first-order chi connectivity index (χ1) is 7.15. The lowest BCUT2D eigenvalue weighted by Gasteiger charge is -2.02. The van der Waals surface area contributed by atoms with Gasteiger partial charge in [-0.25, -0.2) is 4.98 Å². The Morgan fingerprint density at radius 2 is 2.33 bits per heavy atom. The fraction of sp³-hybridized carbons (Fsp3) is 0.600. The molecule has 1 atom stereocenters. The molecule has 15 heavy (non-hydrogen) atoms. The average molecular weight is 225 g/mol. The van der Waals surface area contributed by atoms with E-state index in [1.54, 1.807) is 11.8 Å². The molecule has 1 unspecified atom stereocenters. The van der Waals surface area contributed by atoms with Crippen LogP contribution in [0.25, 0.3) is 0 Å². The van der Waals surface area contributed by atoms with E-state index in [1.807, 2.05) is 13.8 Å². The number of aliphatic imine (C=N–C) groups is 1. The molecule has 0 saturated carbocycles. The minimum atomic E-state index is 0.584. The number of aromatic nitrogens is 1. The topological polar surface area (TPSA) is 50.4 Å². The second kappa shape index (κ2) is 4.26. The van der Waals surface area contributed by atoms with Crippen molar-refractivity contribution in [3.63, 3.8) is 0 Å². The van der Waals surface area contributed by atoms with Crippen LogP contribution in [0.3, 0.4) is 0 Å². The maximum absolute atomic E-state index is 5.46. The number of hydrogen-bond donors (Lipinski definition) is 1. The first-order valence-corrected chi connectivity index (χ1v) is 5.91. The molecule has 4 nitrogen and oxygen atoms in total. The fourth-order valence-corrected chi connectivity index (χ4v) is 2.17. The first kappa shape index (κ1) is 10.5. The van der Waals surface area contributed by atoms with E-state index in [0.717, 1.165) is 29.1 Å². The van der Waals surface area contributed by atoms with Crippen LogP contribution in [0.2, 0.25) is 0 Å². The van der Waals surface area contributed by atoms with E-state index in [1.165, 1.54) is 0 Å². The summed E-state index contributed by atoms with van der Waals surface area (Å²) in [7, 11) is 0. The summed E-state index contributed by atoms with van der Waals surface area (Å²) in [6.45, 7) is 7.56. The number of nitrogens with one attached hydrogen (secondary N) is 1. The van der Waals surface area contributed by atoms with Crippen LogP contribution in [0.1, 0.15) is 24.3 Å². The summed E-state index contributed by atoms with van der Waals surface area (Å²) in [4.78, 5) is 8.66. The number of aryl methyl sites for hydroxylation is 2. The molecule has 0 fully saturated rings. The summed E-state index contributed by atoms with van der Waals surface area (Å²) in [5.74, 6) is 1.62. The molecule has 1 aromatic rings. The lowest BCUT2D eigenvalue weighted by Crippen LogP contribution is -2.18. The van der Waals surface area contributed by atoms with Crippen LogP contribution < -0.4 is 5.32 Å². The van der Waals surface area contributed by atoms with Crippen molar-refractivity contribution in [2.75, 3.05) is 6.54 Å². The molecular weight excluding hydrogens is 210 g/mol. The normalized spacial score (nSPS) is 20.5. The zero-order chi connectivity index (χ0) is 10.8. The molecule has 0 bridgehead atoms. The van der Waals surface area contributed by atoms with E-state index in [0.29, 0.717) is 11.8 Å². The Balaban J connectivity index is 1.88. The van der Waals surface area contributed by atoms with Crippen molar-refractivity contribution in [3.05, 3.63) is 17.3 Å². The molecule has 0 spiro atoms. The number of amidine groups is 1. The predicted octanol–water partition coefficient (Wildman–Crippen LogP) is 1.87. The molecule has 1 aliphatic rings. The highest BCUT2D eigenvalue weighted by molar-refractivity contribution is 8.14. The lowest BCUT2D eigenvalue weighted by molar-refractivity contribution is 0.465. The van der Waals surface area contributed by atoms with E-state index in [9.17, 15) is 0 Å². The number of rotatable bonds is 2. The zero-order valence-electron chi connectivity index (χ0n) is 9.20. The monoisotopic (exact) mass is 225 g/mol. The van der Waals surface area contributed by atoms with E-state index in [4.69, 9.17) is 4.42 Å². The summed E-state index contributed by atoms with van der Waals surface area (Å²) >= 11 is 1.77. The van der Waals surface area contributed by atoms with Gasteiger partial charge in [0.1, 0.15) is 5.76 Å². The van der Waals surface area contributed by atoms with Crippen LogP contribution in [0.15, 0.2) is 9.41 Å². The second-order valence-corrected chi connectivity index (χ2v) is 5.10. The molecule has 1 N–H and O–H groups in total. The van der Waals surface area contributed by atoms with Gasteiger partial charge in [-0.3, -0.25) is 4.99 Å². The van der Waals surface area contributed by atoms with Crippen molar-refractivity contribution in [3.8, 4) is 0 Å². The van der Waals surface area contributed by atoms with Crippen molar-refractivity contribution < 1.29 is 4.42 Å². The summed E-state index contributed by atoms with van der Waals surface area (Å²) in [6.07, 6.45) is 0. The Hall–Kier alpha value is -0.970. The van der Waals surface area contributed by atoms with Crippen LogP contribution in [0.4, 0.5) is 0 Å². The van der Waals surface area contributed by atoms with Crippen LogP contribution in [-0.2, 0) is 6.54 Å². The van der Waals surface area contributed by atoms with Gasteiger partial charge in [0.25, 0.3) is 0 Å². The highest BCUT2D eigenvalue weighted by Gasteiger charge is 2.15. The molecule has 1 aromatic heterocycles. The largest absolute Gasteiger partial charge is 0.444 e. The minimum absolute atomic E-state index is 0.584. The zero-order valence-corrected chi connectivity index (χ0v) is 10.0. The third kappa shape index (κ3) is 2.53.